The molecule has 2 aromatic carbocycles. The van der Waals surface area contributed by atoms with E-state index >= 15 is 0 Å². The van der Waals surface area contributed by atoms with Crippen molar-refractivity contribution in [1.82, 2.24) is 14.8 Å². The monoisotopic (exact) mass is 546 g/mol. The zero-order valence-corrected chi connectivity index (χ0v) is 22.7. The lowest BCUT2D eigenvalue weighted by molar-refractivity contribution is 0.0411. The maximum absolute atomic E-state index is 11.5. The third-order valence-corrected chi connectivity index (χ3v) is 6.98. The average molecular weight is 547 g/mol. The Balaban J connectivity index is 1.17. The van der Waals surface area contributed by atoms with Crippen LogP contribution in [0, 0.1) is 0 Å². The molecule has 1 saturated heterocycles. The molecule has 3 aromatic rings. The highest BCUT2D eigenvalue weighted by atomic mass is 35.5. The predicted octanol–water partition coefficient (Wildman–Crippen LogP) is 5.56. The summed E-state index contributed by atoms with van der Waals surface area (Å²) in [5.41, 5.74) is 1.77. The SMILES string of the molecule is CN(C)C(=O)OCOc1ccc2ccc(OCCCCN3CCN(c4cccc(Cl)c4Cl)CC3)cc2n1. The number of amides is 1. The normalized spacial score (nSPS) is 14.0. The fourth-order valence-electron chi connectivity index (χ4n) is 4.09. The highest BCUT2D eigenvalue weighted by molar-refractivity contribution is 6.43. The molecular weight excluding hydrogens is 515 g/mol. The standard InChI is InChI=1S/C27H32Cl2N4O4/c1-31(2)27(34)37-19-36-25-11-9-20-8-10-21(18-23(20)30-25)35-17-4-3-12-32-13-15-33(16-14-32)24-7-5-6-22(28)26(24)29/h5-11,18H,3-4,12-17,19H2,1-2H3. The molecule has 4 rings (SSSR count). The third kappa shape index (κ3) is 7.53. The lowest BCUT2D eigenvalue weighted by Crippen LogP contribution is -2.46. The number of anilines is 1. The summed E-state index contributed by atoms with van der Waals surface area (Å²) >= 11 is 12.6. The summed E-state index contributed by atoms with van der Waals surface area (Å²) in [6.07, 6.45) is 1.56. The Morgan fingerprint density at radius 1 is 1.00 bits per heavy atom. The smallest absolute Gasteiger partial charge is 0.412 e. The highest BCUT2D eigenvalue weighted by Gasteiger charge is 2.19. The van der Waals surface area contributed by atoms with Gasteiger partial charge in [0.1, 0.15) is 5.75 Å². The molecule has 8 nitrogen and oxygen atoms in total. The van der Waals surface area contributed by atoms with E-state index in [2.05, 4.69) is 14.8 Å². The maximum Gasteiger partial charge on any atom is 0.412 e. The average Bonchev–Trinajstić information content (AvgIpc) is 2.90. The van der Waals surface area contributed by atoms with Crippen LogP contribution >= 0.6 is 23.2 Å². The molecule has 37 heavy (non-hydrogen) atoms. The first kappa shape index (κ1) is 27.1. The number of nitrogens with zero attached hydrogens (tertiary/aromatic N) is 4. The summed E-state index contributed by atoms with van der Waals surface area (Å²) in [7, 11) is 3.22. The second kappa shape index (κ2) is 13.0. The van der Waals surface area contributed by atoms with E-state index < -0.39 is 6.09 Å². The van der Waals surface area contributed by atoms with Crippen molar-refractivity contribution in [2.75, 3.05) is 65.1 Å². The first-order chi connectivity index (χ1) is 17.9. The number of benzene rings is 2. The number of aromatic nitrogens is 1. The van der Waals surface area contributed by atoms with Crippen LogP contribution in [0.1, 0.15) is 12.8 Å². The summed E-state index contributed by atoms with van der Waals surface area (Å²) < 4.78 is 16.4. The highest BCUT2D eigenvalue weighted by Crippen LogP contribution is 2.33. The number of fused-ring (bicyclic) bond motifs is 1. The fraction of sp³-hybridized carbons (Fsp3) is 0.407. The Morgan fingerprint density at radius 3 is 2.57 bits per heavy atom. The molecule has 0 bridgehead atoms. The molecule has 1 aliphatic heterocycles. The first-order valence-electron chi connectivity index (χ1n) is 12.3. The second-order valence-corrected chi connectivity index (χ2v) is 9.81. The zero-order valence-electron chi connectivity index (χ0n) is 21.2. The Kier molecular flexibility index (Phi) is 9.55. The summed E-state index contributed by atoms with van der Waals surface area (Å²) in [5, 5.41) is 2.21. The molecule has 1 aromatic heterocycles. The van der Waals surface area contributed by atoms with Gasteiger partial charge in [-0.1, -0.05) is 29.3 Å². The van der Waals surface area contributed by atoms with Gasteiger partial charge < -0.3 is 24.0 Å². The minimum absolute atomic E-state index is 0.199. The zero-order chi connectivity index (χ0) is 26.2. The van der Waals surface area contributed by atoms with Gasteiger partial charge in [0, 0.05) is 57.8 Å². The van der Waals surface area contributed by atoms with Gasteiger partial charge in [0.15, 0.2) is 0 Å². The number of piperazine rings is 1. The molecule has 1 fully saturated rings. The van der Waals surface area contributed by atoms with Crippen molar-refractivity contribution in [2.45, 2.75) is 12.8 Å². The van der Waals surface area contributed by atoms with Crippen LogP contribution in [0.25, 0.3) is 10.9 Å². The van der Waals surface area contributed by atoms with E-state index in [1.54, 1.807) is 20.2 Å². The second-order valence-electron chi connectivity index (χ2n) is 9.03. The van der Waals surface area contributed by atoms with Crippen LogP contribution < -0.4 is 14.4 Å². The van der Waals surface area contributed by atoms with E-state index in [1.165, 1.54) is 4.90 Å². The Labute approximate surface area is 227 Å². The Hall–Kier alpha value is -2.94. The molecule has 10 heteroatoms. The number of rotatable bonds is 10. The van der Waals surface area contributed by atoms with Crippen molar-refractivity contribution in [2.24, 2.45) is 0 Å². The molecule has 0 atom stereocenters. The van der Waals surface area contributed by atoms with E-state index in [-0.39, 0.29) is 6.79 Å². The van der Waals surface area contributed by atoms with E-state index in [0.717, 1.165) is 67.9 Å². The van der Waals surface area contributed by atoms with E-state index in [1.807, 2.05) is 42.5 Å². The summed E-state index contributed by atoms with van der Waals surface area (Å²) in [4.78, 5) is 22.1. The molecule has 1 aliphatic rings. The molecule has 198 valence electrons. The summed E-state index contributed by atoms with van der Waals surface area (Å²) in [5.74, 6) is 1.15. The van der Waals surface area contributed by atoms with Crippen LogP contribution in [0.15, 0.2) is 48.5 Å². The third-order valence-electron chi connectivity index (χ3n) is 6.17. The van der Waals surface area contributed by atoms with Crippen LogP contribution in [0.2, 0.25) is 10.0 Å². The van der Waals surface area contributed by atoms with Gasteiger partial charge in [0.2, 0.25) is 12.7 Å². The number of ether oxygens (including phenoxy) is 3. The minimum atomic E-state index is -0.471. The molecule has 0 unspecified atom stereocenters. The van der Waals surface area contributed by atoms with Crippen LogP contribution in [-0.2, 0) is 4.74 Å². The maximum atomic E-state index is 11.5. The number of carbonyl (C=O) groups excluding carboxylic acids is 1. The lowest BCUT2D eigenvalue weighted by Gasteiger charge is -2.36. The first-order valence-corrected chi connectivity index (χ1v) is 13.1. The van der Waals surface area contributed by atoms with Crippen molar-refractivity contribution in [3.8, 4) is 11.6 Å². The molecule has 0 saturated carbocycles. The van der Waals surface area contributed by atoms with Crippen LogP contribution in [0.5, 0.6) is 11.6 Å². The van der Waals surface area contributed by atoms with Gasteiger partial charge in [-0.15, -0.1) is 0 Å². The quantitative estimate of drug-likeness (QED) is 0.243. The number of halogens is 2. The largest absolute Gasteiger partial charge is 0.494 e. The van der Waals surface area contributed by atoms with Crippen molar-refractivity contribution < 1.29 is 19.0 Å². The predicted molar refractivity (Wildman–Crippen MR) is 147 cm³/mol. The van der Waals surface area contributed by atoms with Crippen LogP contribution in [0.4, 0.5) is 10.5 Å². The molecule has 0 N–H and O–H groups in total. The molecule has 1 amide bonds. The van der Waals surface area contributed by atoms with Gasteiger partial charge in [-0.05, 0) is 49.7 Å². The van der Waals surface area contributed by atoms with Gasteiger partial charge in [-0.25, -0.2) is 9.78 Å². The van der Waals surface area contributed by atoms with Gasteiger partial charge >= 0.3 is 6.09 Å². The topological polar surface area (TPSA) is 67.4 Å². The van der Waals surface area contributed by atoms with E-state index in [9.17, 15) is 4.79 Å². The molecule has 0 aliphatic carbocycles. The van der Waals surface area contributed by atoms with Crippen LogP contribution in [0.3, 0.4) is 0 Å². The Morgan fingerprint density at radius 2 is 1.78 bits per heavy atom. The lowest BCUT2D eigenvalue weighted by atomic mass is 10.2. The number of pyridine rings is 1. The summed E-state index contributed by atoms with van der Waals surface area (Å²) in [6, 6.07) is 15.3. The van der Waals surface area contributed by atoms with Crippen LogP contribution in [-0.4, -0.2) is 81.1 Å². The number of carbonyl (C=O) groups is 1. The van der Waals surface area contributed by atoms with Crippen molar-refractivity contribution in [3.05, 3.63) is 58.6 Å². The molecule has 0 radical (unpaired) electrons. The molecule has 2 heterocycles. The van der Waals surface area contributed by atoms with E-state index in [0.29, 0.717) is 22.5 Å². The van der Waals surface area contributed by atoms with Gasteiger partial charge in [0.05, 0.1) is 27.9 Å². The van der Waals surface area contributed by atoms with Crippen molar-refractivity contribution in [1.29, 1.82) is 0 Å². The fourth-order valence-corrected chi connectivity index (χ4v) is 4.51. The van der Waals surface area contributed by atoms with E-state index in [4.69, 9.17) is 37.4 Å². The van der Waals surface area contributed by atoms with Gasteiger partial charge in [-0.2, -0.15) is 0 Å². The number of hydrogen-bond acceptors (Lipinski definition) is 7. The van der Waals surface area contributed by atoms with Crippen molar-refractivity contribution >= 4 is 45.9 Å². The summed E-state index contributed by atoms with van der Waals surface area (Å²) in [6.45, 7) is 5.35. The molecular formula is C27H32Cl2N4O4. The number of unbranched alkanes of at least 4 members (excludes halogenated alkanes) is 1. The Bertz CT molecular complexity index is 1200. The van der Waals surface area contributed by atoms with Gasteiger partial charge in [-0.3, -0.25) is 4.90 Å². The minimum Gasteiger partial charge on any atom is -0.494 e. The number of hydrogen-bond donors (Lipinski definition) is 0. The van der Waals surface area contributed by atoms with Gasteiger partial charge in [0.25, 0.3) is 0 Å². The molecule has 0 spiro atoms. The van der Waals surface area contributed by atoms with Crippen molar-refractivity contribution in [3.63, 3.8) is 0 Å².